The van der Waals surface area contributed by atoms with Crippen molar-refractivity contribution in [2.24, 2.45) is 0 Å². The molecule has 1 aliphatic rings. The van der Waals surface area contributed by atoms with E-state index in [-0.39, 0.29) is 11.6 Å². The summed E-state index contributed by atoms with van der Waals surface area (Å²) < 4.78 is 13.3. The average molecular weight is 253 g/mol. The third-order valence-electron chi connectivity index (χ3n) is 3.87. The maximum atomic E-state index is 5.85. The largest absolute Gasteiger partial charge is 0.381 e. The van der Waals surface area contributed by atoms with Crippen LogP contribution >= 0.6 is 0 Å². The summed E-state index contributed by atoms with van der Waals surface area (Å²) in [6.07, 6.45) is 5.84. The van der Waals surface area contributed by atoms with Crippen LogP contribution in [0.5, 0.6) is 0 Å². The summed E-state index contributed by atoms with van der Waals surface area (Å²) in [7, 11) is 3.77. The molecule has 0 aliphatic carbocycles. The van der Waals surface area contributed by atoms with Gasteiger partial charge < -0.3 is 14.8 Å². The highest BCUT2D eigenvalue weighted by Crippen LogP contribution is 2.36. The summed E-state index contributed by atoms with van der Waals surface area (Å²) in [5.41, 5.74) is 0.998. The van der Waals surface area contributed by atoms with Crippen molar-refractivity contribution < 1.29 is 9.47 Å². The molecule has 0 bridgehead atoms. The van der Waals surface area contributed by atoms with Gasteiger partial charge >= 0.3 is 0 Å². The maximum absolute atomic E-state index is 5.85. The number of aryl methyl sites for hydroxylation is 1. The Hall–Kier alpha value is -0.910. The molecule has 5 nitrogen and oxygen atoms in total. The van der Waals surface area contributed by atoms with Crippen molar-refractivity contribution in [1.29, 1.82) is 0 Å². The second-order valence-electron chi connectivity index (χ2n) is 4.73. The zero-order chi connectivity index (χ0) is 13.0. The lowest BCUT2D eigenvalue weighted by molar-refractivity contribution is -0.110. The van der Waals surface area contributed by atoms with Crippen LogP contribution in [0.1, 0.15) is 31.4 Å². The molecule has 1 fully saturated rings. The van der Waals surface area contributed by atoms with Crippen LogP contribution in [0.3, 0.4) is 0 Å². The van der Waals surface area contributed by atoms with E-state index in [1.54, 1.807) is 7.11 Å². The van der Waals surface area contributed by atoms with Crippen molar-refractivity contribution in [1.82, 2.24) is 15.1 Å². The molecule has 1 aromatic heterocycles. The van der Waals surface area contributed by atoms with Gasteiger partial charge in [0, 0.05) is 51.5 Å². The lowest BCUT2D eigenvalue weighted by Gasteiger charge is -2.41. The zero-order valence-electron chi connectivity index (χ0n) is 11.5. The number of ether oxygens (including phenoxy) is 2. The number of nitrogens with zero attached hydrogens (tertiary/aromatic N) is 2. The van der Waals surface area contributed by atoms with E-state index >= 15 is 0 Å². The smallest absolute Gasteiger partial charge is 0.0917 e. The SMILES string of the molecule is CCn1cc(C(NC)C2(OC)CCOCC2)cn1. The van der Waals surface area contributed by atoms with Gasteiger partial charge in [0.1, 0.15) is 0 Å². The number of nitrogens with one attached hydrogen (secondary N) is 1. The molecule has 0 radical (unpaired) electrons. The quantitative estimate of drug-likeness (QED) is 0.861. The molecular formula is C13H23N3O2. The number of likely N-dealkylation sites (N-methyl/N-ethyl adjacent to an activating group) is 1. The van der Waals surface area contributed by atoms with Gasteiger partial charge in [-0.25, -0.2) is 0 Å². The van der Waals surface area contributed by atoms with Gasteiger partial charge in [0.15, 0.2) is 0 Å². The van der Waals surface area contributed by atoms with Crippen LogP contribution in [0.2, 0.25) is 0 Å². The van der Waals surface area contributed by atoms with Crippen LogP contribution in [0.15, 0.2) is 12.4 Å². The molecule has 1 atom stereocenters. The number of hydrogen-bond acceptors (Lipinski definition) is 4. The molecular weight excluding hydrogens is 230 g/mol. The molecule has 0 spiro atoms. The Balaban J connectivity index is 2.24. The monoisotopic (exact) mass is 253 g/mol. The first kappa shape index (κ1) is 13.5. The Morgan fingerprint density at radius 1 is 1.56 bits per heavy atom. The zero-order valence-corrected chi connectivity index (χ0v) is 11.5. The summed E-state index contributed by atoms with van der Waals surface area (Å²) in [5, 5.41) is 7.74. The number of aromatic nitrogens is 2. The van der Waals surface area contributed by atoms with E-state index in [9.17, 15) is 0 Å². The van der Waals surface area contributed by atoms with Gasteiger partial charge in [-0.3, -0.25) is 4.68 Å². The molecule has 0 aromatic carbocycles. The summed E-state index contributed by atoms with van der Waals surface area (Å²) in [4.78, 5) is 0. The first-order valence-corrected chi connectivity index (χ1v) is 6.58. The third kappa shape index (κ3) is 2.43. The highest BCUT2D eigenvalue weighted by molar-refractivity contribution is 5.16. The van der Waals surface area contributed by atoms with Gasteiger partial charge in [-0.05, 0) is 14.0 Å². The standard InChI is InChI=1S/C13H23N3O2/c1-4-16-10-11(9-15-16)12(14-2)13(17-3)5-7-18-8-6-13/h9-10,12,14H,4-8H2,1-3H3. The van der Waals surface area contributed by atoms with E-state index < -0.39 is 0 Å². The Bertz CT molecular complexity index is 372. The van der Waals surface area contributed by atoms with Gasteiger partial charge in [-0.15, -0.1) is 0 Å². The fraction of sp³-hybridized carbons (Fsp3) is 0.769. The predicted octanol–water partition coefficient (Wildman–Crippen LogP) is 1.36. The fourth-order valence-electron chi connectivity index (χ4n) is 2.76. The Morgan fingerprint density at radius 2 is 2.28 bits per heavy atom. The summed E-state index contributed by atoms with van der Waals surface area (Å²) in [6, 6.07) is 0.159. The molecule has 1 unspecified atom stereocenters. The Kier molecular flexibility index (Phi) is 4.37. The Morgan fingerprint density at radius 3 is 2.78 bits per heavy atom. The Labute approximate surface area is 108 Å². The molecule has 2 heterocycles. The van der Waals surface area contributed by atoms with E-state index in [2.05, 4.69) is 23.5 Å². The molecule has 1 aliphatic heterocycles. The van der Waals surface area contributed by atoms with E-state index in [1.807, 2.05) is 17.9 Å². The number of rotatable bonds is 5. The van der Waals surface area contributed by atoms with Crippen LogP contribution in [0.4, 0.5) is 0 Å². The van der Waals surface area contributed by atoms with E-state index in [1.165, 1.54) is 5.56 Å². The van der Waals surface area contributed by atoms with Gasteiger partial charge in [0.25, 0.3) is 0 Å². The minimum atomic E-state index is -0.186. The van der Waals surface area contributed by atoms with Crippen molar-refractivity contribution in [2.45, 2.75) is 38.0 Å². The molecule has 2 rings (SSSR count). The van der Waals surface area contributed by atoms with Crippen molar-refractivity contribution in [3.8, 4) is 0 Å². The normalized spacial score (nSPS) is 20.8. The molecule has 1 N–H and O–H groups in total. The fourth-order valence-corrected chi connectivity index (χ4v) is 2.76. The number of hydrogen-bond donors (Lipinski definition) is 1. The van der Waals surface area contributed by atoms with Crippen molar-refractivity contribution in [3.05, 3.63) is 18.0 Å². The average Bonchev–Trinajstić information content (AvgIpc) is 2.89. The van der Waals surface area contributed by atoms with Gasteiger partial charge in [0.05, 0.1) is 17.8 Å². The minimum absolute atomic E-state index is 0.159. The van der Waals surface area contributed by atoms with Crippen molar-refractivity contribution in [2.75, 3.05) is 27.4 Å². The van der Waals surface area contributed by atoms with E-state index in [0.717, 1.165) is 32.6 Å². The third-order valence-corrected chi connectivity index (χ3v) is 3.87. The predicted molar refractivity (Wildman–Crippen MR) is 69.5 cm³/mol. The molecule has 5 heteroatoms. The van der Waals surface area contributed by atoms with Crippen LogP contribution < -0.4 is 5.32 Å². The van der Waals surface area contributed by atoms with E-state index in [0.29, 0.717) is 0 Å². The van der Waals surface area contributed by atoms with Crippen molar-refractivity contribution in [3.63, 3.8) is 0 Å². The molecule has 1 saturated heterocycles. The highest BCUT2D eigenvalue weighted by Gasteiger charge is 2.41. The van der Waals surface area contributed by atoms with Gasteiger partial charge in [0.2, 0.25) is 0 Å². The second kappa shape index (κ2) is 5.82. The van der Waals surface area contributed by atoms with Gasteiger partial charge in [-0.2, -0.15) is 5.10 Å². The van der Waals surface area contributed by atoms with Crippen LogP contribution in [-0.2, 0) is 16.0 Å². The summed E-state index contributed by atoms with van der Waals surface area (Å²) >= 11 is 0. The van der Waals surface area contributed by atoms with Gasteiger partial charge in [-0.1, -0.05) is 0 Å². The molecule has 0 amide bonds. The minimum Gasteiger partial charge on any atom is -0.381 e. The summed E-state index contributed by atoms with van der Waals surface area (Å²) in [6.45, 7) is 4.49. The van der Waals surface area contributed by atoms with E-state index in [4.69, 9.17) is 9.47 Å². The lowest BCUT2D eigenvalue weighted by Crippen LogP contribution is -2.48. The maximum Gasteiger partial charge on any atom is 0.0917 e. The lowest BCUT2D eigenvalue weighted by atomic mass is 9.83. The van der Waals surface area contributed by atoms with Crippen molar-refractivity contribution >= 4 is 0 Å². The van der Waals surface area contributed by atoms with Crippen LogP contribution in [0.25, 0.3) is 0 Å². The van der Waals surface area contributed by atoms with Crippen LogP contribution in [-0.4, -0.2) is 42.8 Å². The second-order valence-corrected chi connectivity index (χ2v) is 4.73. The molecule has 1 aromatic rings. The summed E-state index contributed by atoms with van der Waals surface area (Å²) in [5.74, 6) is 0. The first-order valence-electron chi connectivity index (χ1n) is 6.58. The number of methoxy groups -OCH3 is 1. The molecule has 18 heavy (non-hydrogen) atoms. The topological polar surface area (TPSA) is 48.3 Å². The highest BCUT2D eigenvalue weighted by atomic mass is 16.5. The molecule has 102 valence electrons. The molecule has 0 saturated carbocycles. The first-order chi connectivity index (χ1) is 8.75. The van der Waals surface area contributed by atoms with Crippen LogP contribution in [0, 0.1) is 0 Å².